The second kappa shape index (κ2) is 10.5. The number of esters is 1. The molecule has 29 heavy (non-hydrogen) atoms. The summed E-state index contributed by atoms with van der Waals surface area (Å²) in [6, 6.07) is 6.12. The summed E-state index contributed by atoms with van der Waals surface area (Å²) in [4.78, 5) is 39.5. The topological polar surface area (TPSA) is 114 Å². The number of nitrogens with two attached hydrogens (primary N) is 1. The molecule has 1 atom stereocenters. The van der Waals surface area contributed by atoms with Gasteiger partial charge in [0.25, 0.3) is 5.91 Å². The van der Waals surface area contributed by atoms with Crippen molar-refractivity contribution in [3.63, 3.8) is 0 Å². The molecule has 0 radical (unpaired) electrons. The predicted molar refractivity (Wildman–Crippen MR) is 109 cm³/mol. The van der Waals surface area contributed by atoms with E-state index in [1.807, 2.05) is 38.1 Å². The molecule has 9 heteroatoms. The van der Waals surface area contributed by atoms with Crippen LogP contribution < -0.4 is 20.7 Å². The first-order chi connectivity index (χ1) is 13.8. The van der Waals surface area contributed by atoms with Crippen molar-refractivity contribution in [1.82, 2.24) is 10.2 Å². The lowest BCUT2D eigenvalue weighted by atomic mass is 10.0. The van der Waals surface area contributed by atoms with Crippen molar-refractivity contribution in [3.8, 4) is 5.75 Å². The third-order valence-electron chi connectivity index (χ3n) is 4.72. The molecule has 3 N–H and O–H groups in total. The van der Waals surface area contributed by atoms with Crippen LogP contribution in [0.3, 0.4) is 0 Å². The normalized spacial score (nSPS) is 15.0. The average Bonchev–Trinajstić information content (AvgIpc) is 2.70. The summed E-state index contributed by atoms with van der Waals surface area (Å²) >= 11 is 0. The van der Waals surface area contributed by atoms with E-state index in [0.717, 1.165) is 11.4 Å². The molecule has 0 aromatic heterocycles. The summed E-state index contributed by atoms with van der Waals surface area (Å²) < 4.78 is 10.3. The molecule has 9 nitrogen and oxygen atoms in total. The summed E-state index contributed by atoms with van der Waals surface area (Å²) in [5.41, 5.74) is 6.18. The van der Waals surface area contributed by atoms with Crippen molar-refractivity contribution in [3.05, 3.63) is 24.3 Å². The molecule has 160 valence electrons. The van der Waals surface area contributed by atoms with Crippen molar-refractivity contribution in [2.75, 3.05) is 44.8 Å². The molecule has 0 aliphatic carbocycles. The third kappa shape index (κ3) is 6.85. The highest BCUT2D eigenvalue weighted by molar-refractivity contribution is 5.85. The van der Waals surface area contributed by atoms with Gasteiger partial charge >= 0.3 is 12.0 Å². The van der Waals surface area contributed by atoms with Crippen molar-refractivity contribution >= 4 is 23.6 Å². The van der Waals surface area contributed by atoms with Gasteiger partial charge in [0.15, 0.2) is 6.61 Å². The molecule has 0 saturated carbocycles. The third-order valence-corrected chi connectivity index (χ3v) is 4.72. The van der Waals surface area contributed by atoms with E-state index < -0.39 is 18.0 Å². The van der Waals surface area contributed by atoms with Gasteiger partial charge in [-0.1, -0.05) is 13.8 Å². The van der Waals surface area contributed by atoms with E-state index >= 15 is 0 Å². The number of nitrogens with one attached hydrogen (secondary N) is 1. The number of ether oxygens (including phenoxy) is 2. The number of anilines is 1. The molecule has 1 heterocycles. The van der Waals surface area contributed by atoms with E-state index in [1.54, 1.807) is 12.0 Å². The van der Waals surface area contributed by atoms with E-state index in [-0.39, 0.29) is 18.4 Å². The van der Waals surface area contributed by atoms with Crippen LogP contribution in [0.1, 0.15) is 20.3 Å². The van der Waals surface area contributed by atoms with Gasteiger partial charge < -0.3 is 30.3 Å². The minimum Gasteiger partial charge on any atom is -0.497 e. The zero-order chi connectivity index (χ0) is 21.4. The molecular formula is C20H30N4O5. The Morgan fingerprint density at radius 2 is 1.72 bits per heavy atom. The van der Waals surface area contributed by atoms with Crippen LogP contribution in [0.4, 0.5) is 10.5 Å². The number of rotatable bonds is 8. The van der Waals surface area contributed by atoms with Gasteiger partial charge in [-0.3, -0.25) is 4.79 Å². The van der Waals surface area contributed by atoms with Gasteiger partial charge in [0.1, 0.15) is 11.8 Å². The highest BCUT2D eigenvalue weighted by Gasteiger charge is 2.26. The van der Waals surface area contributed by atoms with Crippen LogP contribution in [0.2, 0.25) is 0 Å². The molecule has 1 aliphatic heterocycles. The quantitative estimate of drug-likeness (QED) is 0.622. The standard InChI is InChI=1S/C20H30N4O5/c1-14(2)12-17(22-20(21)27)19(26)29-13-18(25)24-10-8-23(9-11-24)15-4-6-16(28-3)7-5-15/h4-7,14,17H,8-13H2,1-3H3,(H3,21,22,27)/t17-/m0/s1. The lowest BCUT2D eigenvalue weighted by Gasteiger charge is -2.36. The summed E-state index contributed by atoms with van der Waals surface area (Å²) in [5.74, 6) is 0.0462. The zero-order valence-electron chi connectivity index (χ0n) is 17.2. The maximum Gasteiger partial charge on any atom is 0.329 e. The molecule has 0 unspecified atom stereocenters. The first-order valence-corrected chi connectivity index (χ1v) is 9.69. The van der Waals surface area contributed by atoms with Crippen LogP contribution in [0.5, 0.6) is 5.75 Å². The number of benzene rings is 1. The monoisotopic (exact) mass is 406 g/mol. The van der Waals surface area contributed by atoms with Gasteiger partial charge in [-0.25, -0.2) is 9.59 Å². The summed E-state index contributed by atoms with van der Waals surface area (Å²) in [6.45, 7) is 5.93. The number of nitrogens with zero attached hydrogens (tertiary/aromatic N) is 2. The highest BCUT2D eigenvalue weighted by atomic mass is 16.5. The molecule has 0 spiro atoms. The Morgan fingerprint density at radius 3 is 2.24 bits per heavy atom. The predicted octanol–water partition coefficient (Wildman–Crippen LogP) is 0.970. The van der Waals surface area contributed by atoms with E-state index in [4.69, 9.17) is 15.2 Å². The highest BCUT2D eigenvalue weighted by Crippen LogP contribution is 2.20. The number of carbonyl (C=O) groups excluding carboxylic acids is 3. The molecule has 1 aromatic carbocycles. The minimum absolute atomic E-state index is 0.154. The molecule has 1 fully saturated rings. The second-order valence-corrected chi connectivity index (χ2v) is 7.36. The van der Waals surface area contributed by atoms with Crippen molar-refractivity contribution in [1.29, 1.82) is 0 Å². The van der Waals surface area contributed by atoms with E-state index in [2.05, 4.69) is 10.2 Å². The Morgan fingerprint density at radius 1 is 1.10 bits per heavy atom. The van der Waals surface area contributed by atoms with Gasteiger partial charge in [0.05, 0.1) is 7.11 Å². The van der Waals surface area contributed by atoms with E-state index in [9.17, 15) is 14.4 Å². The zero-order valence-corrected chi connectivity index (χ0v) is 17.2. The smallest absolute Gasteiger partial charge is 0.329 e. The Balaban J connectivity index is 1.81. The molecule has 0 bridgehead atoms. The first-order valence-electron chi connectivity index (χ1n) is 9.69. The maximum absolute atomic E-state index is 12.4. The van der Waals surface area contributed by atoms with E-state index in [1.165, 1.54) is 0 Å². The Bertz CT molecular complexity index is 699. The van der Waals surface area contributed by atoms with Gasteiger partial charge in [0.2, 0.25) is 0 Å². The SMILES string of the molecule is COc1ccc(N2CCN(C(=O)COC(=O)[C@H](CC(C)C)NC(N)=O)CC2)cc1. The summed E-state index contributed by atoms with van der Waals surface area (Å²) in [6.07, 6.45) is 0.385. The minimum atomic E-state index is -0.854. The number of hydrogen-bond acceptors (Lipinski definition) is 6. The van der Waals surface area contributed by atoms with Gasteiger partial charge in [-0.2, -0.15) is 0 Å². The largest absolute Gasteiger partial charge is 0.497 e. The lowest BCUT2D eigenvalue weighted by Crippen LogP contribution is -2.50. The number of amides is 3. The number of carbonyl (C=O) groups is 3. The van der Waals surface area contributed by atoms with Crippen molar-refractivity contribution < 1.29 is 23.9 Å². The number of hydrogen-bond donors (Lipinski definition) is 2. The number of primary amides is 1. The van der Waals surface area contributed by atoms with Crippen LogP contribution in [0.15, 0.2) is 24.3 Å². The summed E-state index contributed by atoms with van der Waals surface area (Å²) in [7, 11) is 1.63. The Kier molecular flexibility index (Phi) is 8.11. The van der Waals surface area contributed by atoms with E-state index in [0.29, 0.717) is 32.6 Å². The molecule has 1 saturated heterocycles. The first kappa shape index (κ1) is 22.3. The van der Waals surface area contributed by atoms with Gasteiger partial charge in [0, 0.05) is 31.9 Å². The second-order valence-electron chi connectivity index (χ2n) is 7.36. The average molecular weight is 406 g/mol. The Hall–Kier alpha value is -2.97. The van der Waals surface area contributed by atoms with Crippen LogP contribution >= 0.6 is 0 Å². The van der Waals surface area contributed by atoms with Crippen LogP contribution in [0.25, 0.3) is 0 Å². The van der Waals surface area contributed by atoms with Crippen LogP contribution in [0, 0.1) is 5.92 Å². The molecule has 1 aliphatic rings. The number of piperazine rings is 1. The molecule has 1 aromatic rings. The van der Waals surface area contributed by atoms with Crippen molar-refractivity contribution in [2.45, 2.75) is 26.3 Å². The fourth-order valence-electron chi connectivity index (χ4n) is 3.19. The Labute approximate surface area is 171 Å². The fourth-order valence-corrected chi connectivity index (χ4v) is 3.19. The molecular weight excluding hydrogens is 376 g/mol. The fraction of sp³-hybridized carbons (Fsp3) is 0.550. The maximum atomic E-state index is 12.4. The van der Waals surface area contributed by atoms with Crippen LogP contribution in [-0.2, 0) is 14.3 Å². The van der Waals surface area contributed by atoms with Crippen molar-refractivity contribution in [2.24, 2.45) is 11.7 Å². The molecule has 2 rings (SSSR count). The summed E-state index contributed by atoms with van der Waals surface area (Å²) in [5, 5.41) is 2.37. The molecule has 3 amide bonds. The van der Waals surface area contributed by atoms with Gasteiger partial charge in [-0.05, 0) is 36.6 Å². The van der Waals surface area contributed by atoms with Gasteiger partial charge in [-0.15, -0.1) is 0 Å². The number of urea groups is 1. The lowest BCUT2D eigenvalue weighted by molar-refractivity contribution is -0.154. The van der Waals surface area contributed by atoms with Crippen LogP contribution in [-0.4, -0.2) is 68.7 Å². The number of methoxy groups -OCH3 is 1.